The average molecular weight is 839 g/mol. The van der Waals surface area contributed by atoms with Gasteiger partial charge in [0, 0.05) is 38.5 Å². The van der Waals surface area contributed by atoms with E-state index in [1.54, 1.807) is 0 Å². The van der Waals surface area contributed by atoms with Gasteiger partial charge in [0.1, 0.15) is 0 Å². The molecule has 0 bridgehead atoms. The zero-order valence-corrected chi connectivity index (χ0v) is 37.4. The first-order valence-corrected chi connectivity index (χ1v) is 24.4. The van der Waals surface area contributed by atoms with E-state index in [0.717, 1.165) is 22.5 Å². The lowest BCUT2D eigenvalue weighted by Gasteiger charge is -2.30. The maximum absolute atomic E-state index is 5.58. The lowest BCUT2D eigenvalue weighted by atomic mass is 9.70. The molecule has 13 rings (SSSR count). The summed E-state index contributed by atoms with van der Waals surface area (Å²) in [5, 5.41) is 5.01. The van der Waals surface area contributed by atoms with Gasteiger partial charge in [0.25, 0.3) is 0 Å². The monoisotopic (exact) mass is 838 g/mol. The number of allylic oxidation sites excluding steroid dienone is 2. The highest BCUT2D eigenvalue weighted by Gasteiger charge is 2.52. The van der Waals surface area contributed by atoms with Crippen LogP contribution in [-0.4, -0.2) is 9.55 Å². The fraction of sp³-hybridized carbons (Fsp3) is 0.222. The van der Waals surface area contributed by atoms with Crippen molar-refractivity contribution in [2.75, 3.05) is 0 Å². The smallest absolute Gasteiger partial charge is 0.0789 e. The molecule has 316 valence electrons. The van der Waals surface area contributed by atoms with Crippen LogP contribution >= 0.6 is 0 Å². The van der Waals surface area contributed by atoms with Crippen molar-refractivity contribution in [2.45, 2.75) is 82.5 Å². The molecule has 2 aromatic heterocycles. The third-order valence-electron chi connectivity index (χ3n) is 16.2. The number of hydrogen-bond acceptors (Lipinski definition) is 1. The van der Waals surface area contributed by atoms with Crippen LogP contribution in [0.2, 0.25) is 0 Å². The van der Waals surface area contributed by atoms with Gasteiger partial charge in [-0.1, -0.05) is 178 Å². The number of para-hydroxylation sites is 1. The Morgan fingerprint density at radius 3 is 2.02 bits per heavy atom. The number of nitrogens with zero attached hydrogens (tertiary/aromatic N) is 2. The normalized spacial score (nSPS) is 16.7. The third-order valence-corrected chi connectivity index (χ3v) is 16.2. The number of benzene rings is 7. The second-order valence-corrected chi connectivity index (χ2v) is 19.5. The fourth-order valence-corrected chi connectivity index (χ4v) is 13.1. The van der Waals surface area contributed by atoms with E-state index in [4.69, 9.17) is 4.98 Å². The lowest BCUT2D eigenvalue weighted by molar-refractivity contribution is 0.409. The average Bonchev–Trinajstić information content (AvgIpc) is 3.96. The van der Waals surface area contributed by atoms with Crippen LogP contribution in [0.5, 0.6) is 0 Å². The van der Waals surface area contributed by atoms with E-state index in [-0.39, 0.29) is 0 Å². The topological polar surface area (TPSA) is 17.8 Å². The quantitative estimate of drug-likeness (QED) is 0.120. The van der Waals surface area contributed by atoms with E-state index >= 15 is 0 Å². The first kappa shape index (κ1) is 38.7. The van der Waals surface area contributed by atoms with Crippen LogP contribution in [0.4, 0.5) is 0 Å². The first-order valence-electron chi connectivity index (χ1n) is 24.4. The van der Waals surface area contributed by atoms with Gasteiger partial charge in [0.05, 0.1) is 22.1 Å². The van der Waals surface area contributed by atoms with Gasteiger partial charge in [-0.2, -0.15) is 0 Å². The summed E-state index contributed by atoms with van der Waals surface area (Å²) in [5.74, 6) is 1.23. The third kappa shape index (κ3) is 5.75. The van der Waals surface area contributed by atoms with Crippen LogP contribution in [0.3, 0.4) is 0 Å². The van der Waals surface area contributed by atoms with Gasteiger partial charge in [-0.05, 0) is 136 Å². The molecule has 0 atom stereocenters. The Labute approximate surface area is 383 Å². The Morgan fingerprint density at radius 2 is 1.26 bits per heavy atom. The summed E-state index contributed by atoms with van der Waals surface area (Å²) in [6.07, 6.45) is 17.8. The van der Waals surface area contributed by atoms with Gasteiger partial charge >= 0.3 is 0 Å². The van der Waals surface area contributed by atoms with E-state index in [1.807, 2.05) is 0 Å². The second kappa shape index (κ2) is 15.2. The van der Waals surface area contributed by atoms with Gasteiger partial charge < -0.3 is 4.57 Å². The molecule has 0 radical (unpaired) electrons. The van der Waals surface area contributed by atoms with Crippen LogP contribution in [0.25, 0.3) is 77.9 Å². The maximum atomic E-state index is 5.58. The molecule has 2 fully saturated rings. The van der Waals surface area contributed by atoms with Crippen LogP contribution in [0, 0.1) is 12.8 Å². The lowest BCUT2D eigenvalue weighted by Crippen LogP contribution is -2.25. The molecule has 0 amide bonds. The van der Waals surface area contributed by atoms with Crippen molar-refractivity contribution in [1.29, 1.82) is 0 Å². The zero-order valence-electron chi connectivity index (χ0n) is 37.4. The first-order chi connectivity index (χ1) is 32.1. The molecular weight excluding hydrogens is 785 g/mol. The minimum absolute atomic E-state index is 0.409. The zero-order chi connectivity index (χ0) is 43.2. The molecule has 2 heteroatoms. The molecule has 0 saturated heterocycles. The van der Waals surface area contributed by atoms with Crippen molar-refractivity contribution >= 4 is 38.7 Å². The molecule has 4 aliphatic carbocycles. The molecule has 0 unspecified atom stereocenters. The van der Waals surface area contributed by atoms with Gasteiger partial charge in [-0.25, -0.2) is 4.98 Å². The molecular formula is C63H54N2. The molecule has 7 aromatic carbocycles. The van der Waals surface area contributed by atoms with Gasteiger partial charge in [-0.3, -0.25) is 0 Å². The molecule has 0 N–H and O–H groups in total. The summed E-state index contributed by atoms with van der Waals surface area (Å²) in [6.45, 7) is 6.98. The number of pyridine rings is 1. The number of fused-ring (bicyclic) bond motifs is 15. The Balaban J connectivity index is 1.02. The van der Waals surface area contributed by atoms with Crippen molar-refractivity contribution < 1.29 is 0 Å². The summed E-state index contributed by atoms with van der Waals surface area (Å²) in [5.41, 5.74) is 21.2. The molecule has 9 aromatic rings. The van der Waals surface area contributed by atoms with Crippen LogP contribution < -0.4 is 0 Å². The maximum Gasteiger partial charge on any atom is 0.0789 e. The molecule has 65 heavy (non-hydrogen) atoms. The van der Waals surface area contributed by atoms with Crippen LogP contribution in [0.15, 0.2) is 170 Å². The van der Waals surface area contributed by atoms with Gasteiger partial charge in [0.2, 0.25) is 0 Å². The number of aromatic nitrogens is 2. The number of rotatable bonds is 6. The standard InChI is InChI=1S/C63H54N2/c1-40(42-18-5-3-6-19-42)32-36-58-41(2)52-39-44(43-20-7-4-8-21-43)33-37-59(52)65(58)46-23-17-22-45(38-46)62-51-34-35-56-61(60(51)50-27-12-16-31-57(50)64-62)49-26-11-15-30-55(49)63(56)53-28-13-9-24-47(53)48-25-10-14-29-54(48)63/h9-17,22-39,42-43H,1,3-8,18-21H2,2H3/b36-32-. The molecule has 2 nitrogen and oxygen atoms in total. The summed E-state index contributed by atoms with van der Waals surface area (Å²) in [6, 6.07) is 57.6. The largest absolute Gasteiger partial charge is 0.310 e. The Hall–Kier alpha value is -6.77. The highest BCUT2D eigenvalue weighted by atomic mass is 15.0. The molecule has 2 saturated carbocycles. The highest BCUT2D eigenvalue weighted by molar-refractivity contribution is 6.20. The van der Waals surface area contributed by atoms with Gasteiger partial charge in [-0.15, -0.1) is 0 Å². The Morgan fingerprint density at radius 1 is 0.600 bits per heavy atom. The predicted molar refractivity (Wildman–Crippen MR) is 273 cm³/mol. The second-order valence-electron chi connectivity index (χ2n) is 19.5. The highest BCUT2D eigenvalue weighted by Crippen LogP contribution is 2.64. The van der Waals surface area contributed by atoms with E-state index in [0.29, 0.717) is 11.8 Å². The van der Waals surface area contributed by atoms with E-state index in [9.17, 15) is 0 Å². The molecule has 4 aliphatic rings. The van der Waals surface area contributed by atoms with Crippen molar-refractivity contribution in [3.8, 4) is 39.2 Å². The van der Waals surface area contributed by atoms with Gasteiger partial charge in [0.15, 0.2) is 0 Å². The Kier molecular flexibility index (Phi) is 9.02. The molecule has 1 spiro atoms. The van der Waals surface area contributed by atoms with E-state index < -0.39 is 5.41 Å². The minimum atomic E-state index is -0.409. The summed E-state index contributed by atoms with van der Waals surface area (Å²) in [4.78, 5) is 5.58. The number of hydrogen-bond donors (Lipinski definition) is 0. The number of aryl methyl sites for hydroxylation is 1. The SMILES string of the molecule is C=C(/C=C\c1c(C)c2cc(C3CCCCC3)ccc2n1-c1cccc(-c2nc3ccccc3c3c4c(ccc23)C2(c3ccccc3-c3ccccc32)c2ccccc2-4)c1)C1CCCCC1. The fourth-order valence-electron chi connectivity index (χ4n) is 13.1. The summed E-state index contributed by atoms with van der Waals surface area (Å²) < 4.78 is 2.51. The van der Waals surface area contributed by atoms with Crippen molar-refractivity contribution in [2.24, 2.45) is 5.92 Å². The Bertz CT molecular complexity index is 3390. The van der Waals surface area contributed by atoms with Crippen molar-refractivity contribution in [1.82, 2.24) is 9.55 Å². The van der Waals surface area contributed by atoms with Crippen LogP contribution in [-0.2, 0) is 5.41 Å². The summed E-state index contributed by atoms with van der Waals surface area (Å²) in [7, 11) is 0. The summed E-state index contributed by atoms with van der Waals surface area (Å²) >= 11 is 0. The molecule has 0 aliphatic heterocycles. The van der Waals surface area contributed by atoms with Crippen molar-refractivity contribution in [3.63, 3.8) is 0 Å². The van der Waals surface area contributed by atoms with E-state index in [2.05, 4.69) is 182 Å². The van der Waals surface area contributed by atoms with Crippen LogP contribution in [0.1, 0.15) is 109 Å². The minimum Gasteiger partial charge on any atom is -0.310 e. The molecule has 2 heterocycles. The predicted octanol–water partition coefficient (Wildman–Crippen LogP) is 16.8. The van der Waals surface area contributed by atoms with Crippen molar-refractivity contribution in [3.05, 3.63) is 209 Å². The van der Waals surface area contributed by atoms with E-state index in [1.165, 1.54) is 158 Å².